The van der Waals surface area contributed by atoms with E-state index in [1.54, 1.807) is 7.11 Å². The van der Waals surface area contributed by atoms with Crippen molar-refractivity contribution in [2.45, 2.75) is 19.8 Å². The minimum atomic E-state index is 0.516. The zero-order chi connectivity index (χ0) is 14.4. The molecule has 20 heavy (non-hydrogen) atoms. The van der Waals surface area contributed by atoms with Crippen LogP contribution in [-0.4, -0.2) is 18.7 Å². The Morgan fingerprint density at radius 3 is 2.65 bits per heavy atom. The third kappa shape index (κ3) is 3.28. The van der Waals surface area contributed by atoms with Crippen molar-refractivity contribution in [3.8, 4) is 17.6 Å². The lowest BCUT2D eigenvalue weighted by molar-refractivity contribution is 0.297. The van der Waals surface area contributed by atoms with Gasteiger partial charge in [0.1, 0.15) is 10.9 Å². The van der Waals surface area contributed by atoms with Crippen LogP contribution >= 0.6 is 11.3 Å². The summed E-state index contributed by atoms with van der Waals surface area (Å²) in [6, 6.07) is 9.73. The summed E-state index contributed by atoms with van der Waals surface area (Å²) in [6.07, 6.45) is 1.48. The van der Waals surface area contributed by atoms with E-state index < -0.39 is 0 Å². The Balaban J connectivity index is 1.96. The molecule has 2 aromatic rings. The van der Waals surface area contributed by atoms with Crippen LogP contribution in [0.5, 0.6) is 11.5 Å². The fraction of sp³-hybridized carbons (Fsp3) is 0.333. The van der Waals surface area contributed by atoms with Crippen molar-refractivity contribution in [3.05, 3.63) is 39.8 Å². The molecule has 2 rings (SSSR count). The summed E-state index contributed by atoms with van der Waals surface area (Å²) in [6.45, 7) is 2.52. The molecule has 0 spiro atoms. The number of aromatic nitrogens is 1. The second kappa shape index (κ2) is 6.92. The minimum Gasteiger partial charge on any atom is -0.493 e. The number of hydrogen-bond acceptors (Lipinski definition) is 5. The maximum atomic E-state index is 9.01. The Kier molecular flexibility index (Phi) is 4.97. The fourth-order valence-electron chi connectivity index (χ4n) is 1.82. The summed E-state index contributed by atoms with van der Waals surface area (Å²) >= 11 is 1.45. The Hall–Kier alpha value is -2.06. The third-order valence-corrected chi connectivity index (χ3v) is 3.88. The van der Waals surface area contributed by atoms with Gasteiger partial charge < -0.3 is 9.47 Å². The molecule has 5 heteroatoms. The molecule has 0 radical (unpaired) electrons. The molecule has 0 fully saturated rings. The van der Waals surface area contributed by atoms with Gasteiger partial charge in [0.15, 0.2) is 11.5 Å². The Bertz CT molecular complexity index is 617. The number of ether oxygens (including phenoxy) is 2. The van der Waals surface area contributed by atoms with Crippen molar-refractivity contribution >= 4 is 11.3 Å². The van der Waals surface area contributed by atoms with Gasteiger partial charge in [-0.3, -0.25) is 0 Å². The lowest BCUT2D eigenvalue weighted by atomic mass is 10.3. The van der Waals surface area contributed by atoms with Crippen LogP contribution in [0.1, 0.15) is 22.5 Å². The standard InChI is InChI=1S/C15H16N2O2S/c1-3-11-14(10-16)20-15(17-11)8-9-19-13-7-5-4-6-12(13)18-2/h4-7H,3,8-9H2,1-2H3. The van der Waals surface area contributed by atoms with Crippen LogP contribution in [0.3, 0.4) is 0 Å². The van der Waals surface area contributed by atoms with Gasteiger partial charge in [0.05, 0.1) is 24.4 Å². The minimum absolute atomic E-state index is 0.516. The van der Waals surface area contributed by atoms with Gasteiger partial charge in [0.25, 0.3) is 0 Å². The predicted octanol–water partition coefficient (Wildman–Crippen LogP) is 3.21. The van der Waals surface area contributed by atoms with Gasteiger partial charge in [-0.2, -0.15) is 5.26 Å². The number of thiazole rings is 1. The second-order valence-corrected chi connectivity index (χ2v) is 5.18. The third-order valence-electron chi connectivity index (χ3n) is 2.82. The van der Waals surface area contributed by atoms with Crippen LogP contribution in [0.15, 0.2) is 24.3 Å². The quantitative estimate of drug-likeness (QED) is 0.819. The summed E-state index contributed by atoms with van der Waals surface area (Å²) in [4.78, 5) is 5.17. The summed E-state index contributed by atoms with van der Waals surface area (Å²) in [5.74, 6) is 1.45. The number of benzene rings is 1. The predicted molar refractivity (Wildman–Crippen MR) is 78.4 cm³/mol. The van der Waals surface area contributed by atoms with Crippen LogP contribution in [0.25, 0.3) is 0 Å². The lowest BCUT2D eigenvalue weighted by Crippen LogP contribution is -2.02. The molecule has 104 valence electrons. The topological polar surface area (TPSA) is 55.1 Å². The van der Waals surface area contributed by atoms with Crippen molar-refractivity contribution in [3.63, 3.8) is 0 Å². The van der Waals surface area contributed by atoms with Gasteiger partial charge in [0, 0.05) is 6.42 Å². The number of nitriles is 1. The number of methoxy groups -OCH3 is 1. The van der Waals surface area contributed by atoms with Gasteiger partial charge in [-0.05, 0) is 18.6 Å². The summed E-state index contributed by atoms with van der Waals surface area (Å²) in [5, 5.41) is 9.95. The Morgan fingerprint density at radius 1 is 1.30 bits per heavy atom. The zero-order valence-electron chi connectivity index (χ0n) is 11.5. The van der Waals surface area contributed by atoms with E-state index in [9.17, 15) is 0 Å². The van der Waals surface area contributed by atoms with Crippen LogP contribution in [0, 0.1) is 11.3 Å². The molecular formula is C15H16N2O2S. The van der Waals surface area contributed by atoms with Crippen LogP contribution in [-0.2, 0) is 12.8 Å². The molecule has 0 amide bonds. The van der Waals surface area contributed by atoms with E-state index in [0.717, 1.165) is 28.6 Å². The van der Waals surface area contributed by atoms with E-state index >= 15 is 0 Å². The molecule has 1 aromatic carbocycles. The number of nitrogens with zero attached hydrogens (tertiary/aromatic N) is 2. The van der Waals surface area contributed by atoms with Gasteiger partial charge in [-0.15, -0.1) is 11.3 Å². The number of para-hydroxylation sites is 2. The average molecular weight is 288 g/mol. The Morgan fingerprint density at radius 2 is 2.05 bits per heavy atom. The fourth-order valence-corrected chi connectivity index (χ4v) is 2.75. The monoisotopic (exact) mass is 288 g/mol. The van der Waals surface area contributed by atoms with E-state index in [4.69, 9.17) is 14.7 Å². The molecule has 1 aromatic heterocycles. The van der Waals surface area contributed by atoms with Gasteiger partial charge in [0.2, 0.25) is 0 Å². The second-order valence-electron chi connectivity index (χ2n) is 4.10. The highest BCUT2D eigenvalue weighted by Gasteiger charge is 2.09. The molecule has 0 aliphatic heterocycles. The first-order valence-corrected chi connectivity index (χ1v) is 7.24. The van der Waals surface area contributed by atoms with Crippen LogP contribution in [0.4, 0.5) is 0 Å². The van der Waals surface area contributed by atoms with E-state index in [0.29, 0.717) is 17.9 Å². The molecule has 4 nitrogen and oxygen atoms in total. The van der Waals surface area contributed by atoms with E-state index in [1.807, 2.05) is 31.2 Å². The molecule has 0 N–H and O–H groups in total. The first-order chi connectivity index (χ1) is 9.78. The normalized spacial score (nSPS) is 10.1. The Labute approximate surface area is 122 Å². The van der Waals surface area contributed by atoms with Crippen LogP contribution in [0.2, 0.25) is 0 Å². The van der Waals surface area contributed by atoms with Gasteiger partial charge in [-0.25, -0.2) is 4.98 Å². The van der Waals surface area contributed by atoms with Crippen molar-refractivity contribution in [1.82, 2.24) is 4.98 Å². The maximum absolute atomic E-state index is 9.01. The summed E-state index contributed by atoms with van der Waals surface area (Å²) < 4.78 is 10.9. The molecular weight excluding hydrogens is 272 g/mol. The molecule has 0 aliphatic rings. The highest BCUT2D eigenvalue weighted by atomic mass is 32.1. The number of rotatable bonds is 6. The molecule has 0 atom stereocenters. The van der Waals surface area contributed by atoms with Crippen molar-refractivity contribution < 1.29 is 9.47 Å². The summed E-state index contributed by atoms with van der Waals surface area (Å²) in [7, 11) is 1.62. The van der Waals surface area contributed by atoms with Crippen molar-refractivity contribution in [1.29, 1.82) is 5.26 Å². The SMILES string of the molecule is CCc1nc(CCOc2ccccc2OC)sc1C#N. The van der Waals surface area contributed by atoms with Crippen molar-refractivity contribution in [2.75, 3.05) is 13.7 Å². The molecule has 0 aliphatic carbocycles. The molecule has 1 heterocycles. The van der Waals surface area contributed by atoms with Crippen molar-refractivity contribution in [2.24, 2.45) is 0 Å². The van der Waals surface area contributed by atoms with E-state index in [1.165, 1.54) is 11.3 Å². The number of hydrogen-bond donors (Lipinski definition) is 0. The van der Waals surface area contributed by atoms with Gasteiger partial charge >= 0.3 is 0 Å². The molecule has 0 bridgehead atoms. The molecule has 0 unspecified atom stereocenters. The highest BCUT2D eigenvalue weighted by Crippen LogP contribution is 2.26. The first kappa shape index (κ1) is 14.4. The zero-order valence-corrected chi connectivity index (χ0v) is 12.4. The maximum Gasteiger partial charge on any atom is 0.161 e. The molecule has 0 saturated carbocycles. The largest absolute Gasteiger partial charge is 0.493 e. The average Bonchev–Trinajstić information content (AvgIpc) is 2.90. The number of aryl methyl sites for hydroxylation is 1. The lowest BCUT2D eigenvalue weighted by Gasteiger charge is -2.09. The van der Waals surface area contributed by atoms with Gasteiger partial charge in [-0.1, -0.05) is 19.1 Å². The first-order valence-electron chi connectivity index (χ1n) is 6.43. The smallest absolute Gasteiger partial charge is 0.161 e. The summed E-state index contributed by atoms with van der Waals surface area (Å²) in [5.41, 5.74) is 0.879. The van der Waals surface area contributed by atoms with Crippen LogP contribution < -0.4 is 9.47 Å². The van der Waals surface area contributed by atoms with E-state index in [2.05, 4.69) is 11.1 Å². The van der Waals surface area contributed by atoms with E-state index in [-0.39, 0.29) is 0 Å². The highest BCUT2D eigenvalue weighted by molar-refractivity contribution is 7.12. The molecule has 0 saturated heterocycles.